The van der Waals surface area contributed by atoms with Gasteiger partial charge in [-0.2, -0.15) is 0 Å². The van der Waals surface area contributed by atoms with Crippen LogP contribution in [0.15, 0.2) is 28.1 Å². The van der Waals surface area contributed by atoms with Gasteiger partial charge in [0.25, 0.3) is 0 Å². The molecular formula is C14H13BrClNOS. The molecule has 1 aromatic carbocycles. The Labute approximate surface area is 129 Å². The van der Waals surface area contributed by atoms with Gasteiger partial charge >= 0.3 is 0 Å². The van der Waals surface area contributed by atoms with Crippen LogP contribution in [-0.2, 0) is 19.5 Å². The van der Waals surface area contributed by atoms with Crippen LogP contribution in [0.2, 0.25) is 5.02 Å². The lowest BCUT2D eigenvalue weighted by Crippen LogP contribution is -2.12. The van der Waals surface area contributed by atoms with Gasteiger partial charge in [-0.15, -0.1) is 11.3 Å². The van der Waals surface area contributed by atoms with Gasteiger partial charge in [0.2, 0.25) is 0 Å². The van der Waals surface area contributed by atoms with Gasteiger partial charge in [0.1, 0.15) is 5.75 Å². The SMILES string of the molecule is Clc1cc2c(c(CNCc3sccc3Br)c1)OCC2. The number of ether oxygens (including phenoxy) is 1. The Morgan fingerprint density at radius 1 is 1.37 bits per heavy atom. The summed E-state index contributed by atoms with van der Waals surface area (Å²) < 4.78 is 6.86. The van der Waals surface area contributed by atoms with Crippen LogP contribution in [0.3, 0.4) is 0 Å². The minimum absolute atomic E-state index is 0.763. The van der Waals surface area contributed by atoms with Gasteiger partial charge in [-0.3, -0.25) is 0 Å². The first-order chi connectivity index (χ1) is 9.24. The van der Waals surface area contributed by atoms with Crippen molar-refractivity contribution < 1.29 is 4.74 Å². The Kier molecular flexibility index (Phi) is 4.12. The first-order valence-electron chi connectivity index (χ1n) is 6.11. The second-order valence-electron chi connectivity index (χ2n) is 4.45. The molecule has 19 heavy (non-hydrogen) atoms. The lowest BCUT2D eigenvalue weighted by atomic mass is 10.1. The van der Waals surface area contributed by atoms with Gasteiger partial charge in [0.05, 0.1) is 6.61 Å². The molecular weight excluding hydrogens is 346 g/mol. The van der Waals surface area contributed by atoms with Gasteiger partial charge in [-0.05, 0) is 45.1 Å². The van der Waals surface area contributed by atoms with Crippen molar-refractivity contribution in [2.24, 2.45) is 0 Å². The second kappa shape index (κ2) is 5.83. The van der Waals surface area contributed by atoms with Crippen molar-refractivity contribution in [2.75, 3.05) is 6.61 Å². The second-order valence-corrected chi connectivity index (χ2v) is 6.74. The van der Waals surface area contributed by atoms with Crippen LogP contribution < -0.4 is 10.1 Å². The van der Waals surface area contributed by atoms with Gasteiger partial charge in [0.15, 0.2) is 0 Å². The molecule has 3 rings (SSSR count). The average molecular weight is 359 g/mol. The van der Waals surface area contributed by atoms with Crippen LogP contribution in [0.4, 0.5) is 0 Å². The Balaban J connectivity index is 1.69. The van der Waals surface area contributed by atoms with E-state index in [4.69, 9.17) is 16.3 Å². The quantitative estimate of drug-likeness (QED) is 0.875. The molecule has 0 bridgehead atoms. The molecule has 0 spiro atoms. The topological polar surface area (TPSA) is 21.3 Å². The third-order valence-electron chi connectivity index (χ3n) is 3.12. The van der Waals surface area contributed by atoms with Crippen LogP contribution in [0.25, 0.3) is 0 Å². The molecule has 0 unspecified atom stereocenters. The average Bonchev–Trinajstić information content (AvgIpc) is 2.98. The van der Waals surface area contributed by atoms with Gasteiger partial charge in [0, 0.05) is 39.4 Å². The van der Waals surface area contributed by atoms with Crippen LogP contribution in [0.1, 0.15) is 16.0 Å². The molecule has 1 N–H and O–H groups in total. The van der Waals surface area contributed by atoms with E-state index in [0.717, 1.165) is 46.9 Å². The smallest absolute Gasteiger partial charge is 0.127 e. The van der Waals surface area contributed by atoms with E-state index in [-0.39, 0.29) is 0 Å². The number of fused-ring (bicyclic) bond motifs is 1. The summed E-state index contributed by atoms with van der Waals surface area (Å²) in [5, 5.41) is 6.32. The Bertz CT molecular complexity index is 599. The fraction of sp³-hybridized carbons (Fsp3) is 0.286. The molecule has 1 aliphatic heterocycles. The summed E-state index contributed by atoms with van der Waals surface area (Å²) in [6.07, 6.45) is 0.958. The van der Waals surface area contributed by atoms with Crippen LogP contribution in [0, 0.1) is 0 Å². The maximum absolute atomic E-state index is 6.14. The van der Waals surface area contributed by atoms with E-state index in [2.05, 4.69) is 32.7 Å². The van der Waals surface area contributed by atoms with Crippen molar-refractivity contribution in [3.8, 4) is 5.75 Å². The van der Waals surface area contributed by atoms with E-state index in [1.165, 1.54) is 10.4 Å². The van der Waals surface area contributed by atoms with Gasteiger partial charge in [-0.25, -0.2) is 0 Å². The first kappa shape index (κ1) is 13.4. The van der Waals surface area contributed by atoms with Crippen LogP contribution in [0.5, 0.6) is 5.75 Å². The summed E-state index contributed by atoms with van der Waals surface area (Å²) in [6.45, 7) is 2.38. The van der Waals surface area contributed by atoms with Gasteiger partial charge < -0.3 is 10.1 Å². The number of rotatable bonds is 4. The number of halogens is 2. The summed E-state index contributed by atoms with van der Waals surface area (Å²) in [6, 6.07) is 6.06. The molecule has 0 fully saturated rings. The highest BCUT2D eigenvalue weighted by molar-refractivity contribution is 9.10. The highest BCUT2D eigenvalue weighted by Crippen LogP contribution is 2.33. The van der Waals surface area contributed by atoms with Crippen molar-refractivity contribution >= 4 is 38.9 Å². The summed E-state index contributed by atoms with van der Waals surface area (Å²) in [5.41, 5.74) is 2.37. The fourth-order valence-corrected chi connectivity index (χ4v) is 3.96. The van der Waals surface area contributed by atoms with Crippen LogP contribution in [-0.4, -0.2) is 6.61 Å². The van der Waals surface area contributed by atoms with E-state index < -0.39 is 0 Å². The maximum Gasteiger partial charge on any atom is 0.127 e. The predicted molar refractivity (Wildman–Crippen MR) is 83.2 cm³/mol. The maximum atomic E-state index is 6.14. The minimum atomic E-state index is 0.763. The summed E-state index contributed by atoms with van der Waals surface area (Å²) in [7, 11) is 0. The molecule has 100 valence electrons. The van der Waals surface area contributed by atoms with Crippen molar-refractivity contribution in [3.63, 3.8) is 0 Å². The number of thiophene rings is 1. The molecule has 0 saturated heterocycles. The summed E-state index contributed by atoms with van der Waals surface area (Å²) >= 11 is 11.4. The standard InChI is InChI=1S/C14H13BrClNOS/c15-12-2-4-19-13(12)8-17-7-10-6-11(16)5-9-1-3-18-14(9)10/h2,4-6,17H,1,3,7-8H2. The lowest BCUT2D eigenvalue weighted by molar-refractivity contribution is 0.352. The summed E-state index contributed by atoms with van der Waals surface area (Å²) in [4.78, 5) is 1.31. The molecule has 1 aliphatic rings. The number of nitrogens with one attached hydrogen (secondary N) is 1. The molecule has 1 aromatic heterocycles. The summed E-state index contributed by atoms with van der Waals surface area (Å²) in [5.74, 6) is 1.02. The zero-order valence-corrected chi connectivity index (χ0v) is 13.4. The fourth-order valence-electron chi connectivity index (χ4n) is 2.24. The molecule has 0 radical (unpaired) electrons. The first-order valence-corrected chi connectivity index (χ1v) is 8.16. The van der Waals surface area contributed by atoms with Crippen molar-refractivity contribution in [3.05, 3.63) is 49.1 Å². The molecule has 0 saturated carbocycles. The number of hydrogen-bond donors (Lipinski definition) is 1. The van der Waals surface area contributed by atoms with Crippen LogP contribution >= 0.6 is 38.9 Å². The van der Waals surface area contributed by atoms with E-state index in [0.29, 0.717) is 0 Å². The third kappa shape index (κ3) is 2.97. The third-order valence-corrected chi connectivity index (χ3v) is 5.26. The normalized spacial score (nSPS) is 13.4. The highest BCUT2D eigenvalue weighted by Gasteiger charge is 2.17. The monoisotopic (exact) mass is 357 g/mol. The van der Waals surface area contributed by atoms with E-state index >= 15 is 0 Å². The van der Waals surface area contributed by atoms with Crippen molar-refractivity contribution in [1.29, 1.82) is 0 Å². The predicted octanol–water partition coefficient (Wildman–Crippen LogP) is 4.39. The Morgan fingerprint density at radius 3 is 3.05 bits per heavy atom. The number of hydrogen-bond acceptors (Lipinski definition) is 3. The Morgan fingerprint density at radius 2 is 2.26 bits per heavy atom. The highest BCUT2D eigenvalue weighted by atomic mass is 79.9. The minimum Gasteiger partial charge on any atom is -0.493 e. The molecule has 0 amide bonds. The van der Waals surface area contributed by atoms with Crippen molar-refractivity contribution in [2.45, 2.75) is 19.5 Å². The zero-order valence-electron chi connectivity index (χ0n) is 10.2. The van der Waals surface area contributed by atoms with E-state index in [1.807, 2.05) is 12.1 Å². The molecule has 0 aliphatic carbocycles. The van der Waals surface area contributed by atoms with E-state index in [9.17, 15) is 0 Å². The zero-order chi connectivity index (χ0) is 13.2. The lowest BCUT2D eigenvalue weighted by Gasteiger charge is -2.10. The largest absolute Gasteiger partial charge is 0.493 e. The Hall–Kier alpha value is -0.550. The molecule has 5 heteroatoms. The molecule has 2 heterocycles. The van der Waals surface area contributed by atoms with Gasteiger partial charge in [-0.1, -0.05) is 11.6 Å². The van der Waals surface area contributed by atoms with E-state index in [1.54, 1.807) is 11.3 Å². The number of benzene rings is 1. The molecule has 0 atom stereocenters. The molecule has 2 aromatic rings. The molecule has 2 nitrogen and oxygen atoms in total. The van der Waals surface area contributed by atoms with Crippen molar-refractivity contribution in [1.82, 2.24) is 5.32 Å².